The van der Waals surface area contributed by atoms with Crippen molar-refractivity contribution < 1.29 is 4.39 Å². The van der Waals surface area contributed by atoms with Gasteiger partial charge in [0.25, 0.3) is 0 Å². The molecule has 0 radical (unpaired) electrons. The van der Waals surface area contributed by atoms with Crippen LogP contribution < -0.4 is 5.32 Å². The first-order chi connectivity index (χ1) is 7.33. The molecule has 0 heterocycles. The zero-order valence-corrected chi connectivity index (χ0v) is 8.80. The van der Waals surface area contributed by atoms with E-state index in [4.69, 9.17) is 0 Å². The van der Waals surface area contributed by atoms with Crippen molar-refractivity contribution in [2.24, 2.45) is 0 Å². The summed E-state index contributed by atoms with van der Waals surface area (Å²) in [5, 5.41) is 3.43. The van der Waals surface area contributed by atoms with Crippen molar-refractivity contribution in [1.29, 1.82) is 0 Å². The summed E-state index contributed by atoms with van der Waals surface area (Å²) >= 11 is 0. The van der Waals surface area contributed by atoms with Gasteiger partial charge in [-0.3, -0.25) is 0 Å². The van der Waals surface area contributed by atoms with E-state index in [2.05, 4.69) is 11.9 Å². The van der Waals surface area contributed by atoms with Crippen LogP contribution in [0.25, 0.3) is 0 Å². The van der Waals surface area contributed by atoms with Crippen molar-refractivity contribution in [2.75, 3.05) is 6.54 Å². The van der Waals surface area contributed by atoms with Gasteiger partial charge in [-0.1, -0.05) is 18.2 Å². The maximum Gasteiger partial charge on any atom is 0.126 e. The Morgan fingerprint density at radius 1 is 1.53 bits per heavy atom. The van der Waals surface area contributed by atoms with Crippen LogP contribution in [0.1, 0.15) is 30.0 Å². The van der Waals surface area contributed by atoms with E-state index in [0.29, 0.717) is 6.04 Å². The molecule has 0 saturated heterocycles. The van der Waals surface area contributed by atoms with Crippen molar-refractivity contribution in [2.45, 2.75) is 25.3 Å². The smallest absolute Gasteiger partial charge is 0.126 e. The standard InChI is InChI=1S/C13H16FN/c1-2-3-9-15-13-8-7-10-11(13)5-4-6-12(10)14/h2,4-6,13,15H,1,3,7-9H2. The zero-order chi connectivity index (χ0) is 10.7. The lowest BCUT2D eigenvalue weighted by atomic mass is 10.1. The maximum absolute atomic E-state index is 13.4. The lowest BCUT2D eigenvalue weighted by Gasteiger charge is -2.13. The summed E-state index contributed by atoms with van der Waals surface area (Å²) in [7, 11) is 0. The minimum Gasteiger partial charge on any atom is -0.310 e. The van der Waals surface area contributed by atoms with Gasteiger partial charge in [-0.2, -0.15) is 0 Å². The van der Waals surface area contributed by atoms with Crippen molar-refractivity contribution in [3.05, 3.63) is 47.8 Å². The highest BCUT2D eigenvalue weighted by Gasteiger charge is 2.23. The Morgan fingerprint density at radius 2 is 2.40 bits per heavy atom. The summed E-state index contributed by atoms with van der Waals surface area (Å²) in [5.74, 6) is -0.0551. The second kappa shape index (κ2) is 4.58. The summed E-state index contributed by atoms with van der Waals surface area (Å²) in [6.45, 7) is 4.60. The third-order valence-corrected chi connectivity index (χ3v) is 2.95. The van der Waals surface area contributed by atoms with Crippen molar-refractivity contribution in [1.82, 2.24) is 5.32 Å². The molecule has 0 fully saturated rings. The third-order valence-electron chi connectivity index (χ3n) is 2.95. The van der Waals surface area contributed by atoms with E-state index in [1.807, 2.05) is 12.1 Å². The Hall–Kier alpha value is -1.15. The van der Waals surface area contributed by atoms with Gasteiger partial charge in [-0.15, -0.1) is 6.58 Å². The van der Waals surface area contributed by atoms with Gasteiger partial charge in [0.2, 0.25) is 0 Å². The Morgan fingerprint density at radius 3 is 3.20 bits per heavy atom. The molecule has 1 aromatic rings. The van der Waals surface area contributed by atoms with Crippen LogP contribution in [-0.2, 0) is 6.42 Å². The highest BCUT2D eigenvalue weighted by molar-refractivity contribution is 5.35. The maximum atomic E-state index is 13.4. The molecule has 0 aromatic heterocycles. The monoisotopic (exact) mass is 205 g/mol. The fourth-order valence-electron chi connectivity index (χ4n) is 2.18. The van der Waals surface area contributed by atoms with Gasteiger partial charge in [0.1, 0.15) is 5.82 Å². The molecule has 1 aliphatic carbocycles. The number of benzene rings is 1. The number of nitrogens with one attached hydrogen (secondary N) is 1. The van der Waals surface area contributed by atoms with Crippen molar-refractivity contribution >= 4 is 0 Å². The molecule has 0 bridgehead atoms. The molecular weight excluding hydrogens is 189 g/mol. The normalized spacial score (nSPS) is 18.9. The highest BCUT2D eigenvalue weighted by Crippen LogP contribution is 2.32. The van der Waals surface area contributed by atoms with Gasteiger partial charge in [0.15, 0.2) is 0 Å². The first-order valence-corrected chi connectivity index (χ1v) is 5.44. The number of fused-ring (bicyclic) bond motifs is 1. The van der Waals surface area contributed by atoms with E-state index in [-0.39, 0.29) is 5.82 Å². The molecule has 1 N–H and O–H groups in total. The molecule has 2 heteroatoms. The minimum absolute atomic E-state index is 0.0551. The average Bonchev–Trinajstić information content (AvgIpc) is 2.64. The molecule has 0 amide bonds. The van der Waals surface area contributed by atoms with Crippen LogP contribution in [0.3, 0.4) is 0 Å². The minimum atomic E-state index is -0.0551. The molecular formula is C13H16FN. The molecule has 2 rings (SSSR count). The van der Waals surface area contributed by atoms with Crippen LogP contribution >= 0.6 is 0 Å². The second-order valence-electron chi connectivity index (χ2n) is 3.93. The number of rotatable bonds is 4. The third kappa shape index (κ3) is 2.10. The quantitative estimate of drug-likeness (QED) is 0.588. The number of halogens is 1. The summed E-state index contributed by atoms with van der Waals surface area (Å²) in [4.78, 5) is 0. The Balaban J connectivity index is 2.08. The summed E-state index contributed by atoms with van der Waals surface area (Å²) in [5.41, 5.74) is 2.03. The lowest BCUT2D eigenvalue weighted by molar-refractivity contribution is 0.537. The molecule has 1 aromatic carbocycles. The fraction of sp³-hybridized carbons (Fsp3) is 0.385. The molecule has 1 atom stereocenters. The molecule has 80 valence electrons. The van der Waals surface area contributed by atoms with Crippen LogP contribution in [0.5, 0.6) is 0 Å². The number of hydrogen-bond acceptors (Lipinski definition) is 1. The van der Waals surface area contributed by atoms with Gasteiger partial charge in [0.05, 0.1) is 0 Å². The molecule has 1 unspecified atom stereocenters. The Kier molecular flexibility index (Phi) is 3.17. The first-order valence-electron chi connectivity index (χ1n) is 5.44. The van der Waals surface area contributed by atoms with Gasteiger partial charge in [-0.25, -0.2) is 4.39 Å². The van der Waals surface area contributed by atoms with Crippen LogP contribution in [0.4, 0.5) is 4.39 Å². The lowest BCUT2D eigenvalue weighted by Crippen LogP contribution is -2.19. The van der Waals surface area contributed by atoms with E-state index in [1.165, 1.54) is 0 Å². The SMILES string of the molecule is C=CCCNC1CCc2c(F)cccc21. The Bertz CT molecular complexity index is 360. The van der Waals surface area contributed by atoms with Crippen LogP contribution in [0.15, 0.2) is 30.9 Å². The van der Waals surface area contributed by atoms with E-state index in [1.54, 1.807) is 12.1 Å². The number of hydrogen-bond donors (Lipinski definition) is 1. The fourth-order valence-corrected chi connectivity index (χ4v) is 2.18. The van der Waals surface area contributed by atoms with Crippen molar-refractivity contribution in [3.63, 3.8) is 0 Å². The molecule has 0 saturated carbocycles. The van der Waals surface area contributed by atoms with E-state index < -0.39 is 0 Å². The largest absolute Gasteiger partial charge is 0.310 e. The second-order valence-corrected chi connectivity index (χ2v) is 3.93. The summed E-state index contributed by atoms with van der Waals surface area (Å²) in [6.07, 6.45) is 4.72. The molecule has 1 nitrogen and oxygen atoms in total. The highest BCUT2D eigenvalue weighted by atomic mass is 19.1. The molecule has 1 aliphatic rings. The molecule has 0 spiro atoms. The van der Waals surface area contributed by atoms with Gasteiger partial charge in [-0.05, 0) is 43.0 Å². The summed E-state index contributed by atoms with van der Waals surface area (Å²) < 4.78 is 13.4. The van der Waals surface area contributed by atoms with Crippen LogP contribution in [0.2, 0.25) is 0 Å². The summed E-state index contributed by atoms with van der Waals surface area (Å²) in [6, 6.07) is 5.69. The Labute approximate surface area is 90.0 Å². The van der Waals surface area contributed by atoms with Crippen LogP contribution in [-0.4, -0.2) is 6.54 Å². The zero-order valence-electron chi connectivity index (χ0n) is 8.80. The molecule has 0 aliphatic heterocycles. The van der Waals surface area contributed by atoms with Gasteiger partial charge in [0, 0.05) is 6.04 Å². The van der Waals surface area contributed by atoms with E-state index in [9.17, 15) is 4.39 Å². The molecule has 15 heavy (non-hydrogen) atoms. The van der Waals surface area contributed by atoms with Crippen molar-refractivity contribution in [3.8, 4) is 0 Å². The predicted molar refractivity (Wildman–Crippen MR) is 60.3 cm³/mol. The topological polar surface area (TPSA) is 12.0 Å². The predicted octanol–water partition coefficient (Wildman–Crippen LogP) is 2.98. The first kappa shape index (κ1) is 10.4. The van der Waals surface area contributed by atoms with Crippen LogP contribution in [0, 0.1) is 5.82 Å². The van der Waals surface area contributed by atoms with E-state index >= 15 is 0 Å². The van der Waals surface area contributed by atoms with Gasteiger partial charge >= 0.3 is 0 Å². The average molecular weight is 205 g/mol. The van der Waals surface area contributed by atoms with E-state index in [0.717, 1.165) is 36.9 Å². The van der Waals surface area contributed by atoms with Gasteiger partial charge < -0.3 is 5.32 Å².